The Hall–Kier alpha value is -0.840. The summed E-state index contributed by atoms with van der Waals surface area (Å²) in [6.45, 7) is 1.94. The van der Waals surface area contributed by atoms with Crippen molar-refractivity contribution >= 4 is 44.8 Å². The Balaban J connectivity index is 2.31. The predicted octanol–water partition coefficient (Wildman–Crippen LogP) is 6.60. The highest BCUT2D eigenvalue weighted by Gasteiger charge is 2.15. The van der Waals surface area contributed by atoms with E-state index in [1.165, 1.54) is 0 Å². The summed E-state index contributed by atoms with van der Waals surface area (Å²) in [5.41, 5.74) is 0.961. The maximum absolute atomic E-state index is 13.9. The van der Waals surface area contributed by atoms with Gasteiger partial charge in [-0.15, -0.1) is 0 Å². The van der Waals surface area contributed by atoms with Gasteiger partial charge in [0.1, 0.15) is 11.6 Å². The number of anilines is 1. The lowest BCUT2D eigenvalue weighted by Crippen LogP contribution is -2.11. The first-order valence-corrected chi connectivity index (χ1v) is 7.83. The van der Waals surface area contributed by atoms with Gasteiger partial charge in [0, 0.05) is 6.07 Å². The zero-order chi connectivity index (χ0) is 15.6. The van der Waals surface area contributed by atoms with Gasteiger partial charge in [0.25, 0.3) is 0 Å². The number of halogens is 5. The monoisotopic (exact) mass is 393 g/mol. The van der Waals surface area contributed by atoms with Gasteiger partial charge in [0.05, 0.1) is 26.2 Å². The summed E-state index contributed by atoms with van der Waals surface area (Å²) in [5.74, 6) is -1.05. The van der Waals surface area contributed by atoms with E-state index in [1.54, 1.807) is 12.1 Å². The molecule has 0 fully saturated rings. The number of hydrogen-bond donors (Lipinski definition) is 1. The van der Waals surface area contributed by atoms with Gasteiger partial charge in [-0.05, 0) is 46.1 Å². The zero-order valence-electron chi connectivity index (χ0n) is 11.1. The maximum atomic E-state index is 13.9. The van der Waals surface area contributed by atoms with Gasteiger partial charge in [-0.3, -0.25) is 0 Å². The predicted molar refractivity (Wildman–Crippen MR) is 87.2 cm³/mol. The lowest BCUT2D eigenvalue weighted by atomic mass is 10.0. The summed E-state index contributed by atoms with van der Waals surface area (Å²) in [7, 11) is 0. The third-order valence-electron chi connectivity index (χ3n) is 3.09. The van der Waals surface area contributed by atoms with Crippen molar-refractivity contribution in [1.29, 1.82) is 0 Å². The Morgan fingerprint density at radius 1 is 1.10 bits per heavy atom. The molecule has 2 aromatic carbocycles. The van der Waals surface area contributed by atoms with Crippen molar-refractivity contribution in [3.63, 3.8) is 0 Å². The van der Waals surface area contributed by atoms with E-state index in [9.17, 15) is 8.78 Å². The number of hydrogen-bond acceptors (Lipinski definition) is 1. The minimum absolute atomic E-state index is 0.0909. The molecule has 0 heterocycles. The first-order valence-electron chi connectivity index (χ1n) is 6.28. The Kier molecular flexibility index (Phi) is 5.47. The third-order valence-corrected chi connectivity index (χ3v) is 4.44. The third kappa shape index (κ3) is 3.87. The highest BCUT2D eigenvalue weighted by molar-refractivity contribution is 9.10. The molecule has 1 atom stereocenters. The van der Waals surface area contributed by atoms with Gasteiger partial charge >= 0.3 is 0 Å². The van der Waals surface area contributed by atoms with Crippen molar-refractivity contribution in [2.45, 2.75) is 19.4 Å². The van der Waals surface area contributed by atoms with Crippen LogP contribution in [-0.2, 0) is 0 Å². The average molecular weight is 395 g/mol. The van der Waals surface area contributed by atoms with Crippen molar-refractivity contribution in [2.75, 3.05) is 5.32 Å². The van der Waals surface area contributed by atoms with Gasteiger partial charge in [0.15, 0.2) is 0 Å². The fourth-order valence-corrected chi connectivity index (χ4v) is 2.59. The van der Waals surface area contributed by atoms with Gasteiger partial charge in [-0.2, -0.15) is 0 Å². The van der Waals surface area contributed by atoms with Crippen LogP contribution in [0, 0.1) is 11.6 Å². The van der Waals surface area contributed by atoms with E-state index >= 15 is 0 Å². The molecule has 1 unspecified atom stereocenters. The Morgan fingerprint density at radius 3 is 2.43 bits per heavy atom. The van der Waals surface area contributed by atoms with Crippen LogP contribution in [0.2, 0.25) is 10.0 Å². The van der Waals surface area contributed by atoms with E-state index in [2.05, 4.69) is 21.2 Å². The molecule has 0 saturated heterocycles. The highest BCUT2D eigenvalue weighted by atomic mass is 79.9. The molecule has 1 N–H and O–H groups in total. The summed E-state index contributed by atoms with van der Waals surface area (Å²) in [4.78, 5) is 0. The Morgan fingerprint density at radius 2 is 1.81 bits per heavy atom. The van der Waals surface area contributed by atoms with E-state index in [0.717, 1.165) is 17.7 Å². The van der Waals surface area contributed by atoms with Gasteiger partial charge in [0.2, 0.25) is 0 Å². The summed E-state index contributed by atoms with van der Waals surface area (Å²) < 4.78 is 27.5. The number of benzene rings is 2. The molecule has 0 aliphatic rings. The van der Waals surface area contributed by atoms with Crippen molar-refractivity contribution in [1.82, 2.24) is 0 Å². The molecule has 0 bridgehead atoms. The minimum atomic E-state index is -0.526. The van der Waals surface area contributed by atoms with Crippen molar-refractivity contribution in [2.24, 2.45) is 0 Å². The van der Waals surface area contributed by atoms with Crippen LogP contribution < -0.4 is 5.32 Å². The van der Waals surface area contributed by atoms with E-state index in [-0.39, 0.29) is 16.2 Å². The average Bonchev–Trinajstić information content (AvgIpc) is 2.44. The molecule has 0 aliphatic heterocycles. The van der Waals surface area contributed by atoms with Crippen LogP contribution in [-0.4, -0.2) is 0 Å². The highest BCUT2D eigenvalue weighted by Crippen LogP contribution is 2.31. The summed E-state index contributed by atoms with van der Waals surface area (Å²) in [6.07, 6.45) is 0.676. The van der Waals surface area contributed by atoms with E-state index in [1.807, 2.05) is 13.0 Å². The Bertz CT molecular complexity index is 664. The normalized spacial score (nSPS) is 12.3. The van der Waals surface area contributed by atoms with Crippen molar-refractivity contribution in [3.05, 3.63) is 62.0 Å². The van der Waals surface area contributed by atoms with Gasteiger partial charge in [-0.1, -0.05) is 36.2 Å². The van der Waals surface area contributed by atoms with Crippen LogP contribution in [0.25, 0.3) is 0 Å². The molecule has 0 aliphatic carbocycles. The quantitative estimate of drug-likeness (QED) is 0.576. The number of rotatable bonds is 4. The molecule has 0 spiro atoms. The topological polar surface area (TPSA) is 12.0 Å². The molecule has 0 radical (unpaired) electrons. The van der Waals surface area contributed by atoms with E-state index < -0.39 is 11.6 Å². The molecule has 112 valence electrons. The number of nitrogens with one attached hydrogen (secondary N) is 1. The second-order valence-electron chi connectivity index (χ2n) is 4.52. The molecule has 2 rings (SSSR count). The summed E-state index contributed by atoms with van der Waals surface area (Å²) in [5, 5.41) is 3.87. The fourth-order valence-electron chi connectivity index (χ4n) is 1.97. The lowest BCUT2D eigenvalue weighted by molar-refractivity contribution is 0.593. The summed E-state index contributed by atoms with van der Waals surface area (Å²) in [6, 6.07) is 7.23. The van der Waals surface area contributed by atoms with E-state index in [4.69, 9.17) is 23.2 Å². The second-order valence-corrected chi connectivity index (χ2v) is 6.19. The maximum Gasteiger partial charge on any atom is 0.147 e. The van der Waals surface area contributed by atoms with Crippen molar-refractivity contribution < 1.29 is 8.78 Å². The Labute approximate surface area is 140 Å². The van der Waals surface area contributed by atoms with Crippen LogP contribution in [0.1, 0.15) is 24.9 Å². The van der Waals surface area contributed by atoms with Crippen LogP contribution in [0.4, 0.5) is 14.5 Å². The molecule has 21 heavy (non-hydrogen) atoms. The van der Waals surface area contributed by atoms with Crippen LogP contribution in [0.5, 0.6) is 0 Å². The smallest absolute Gasteiger partial charge is 0.147 e. The van der Waals surface area contributed by atoms with Gasteiger partial charge in [-0.25, -0.2) is 8.78 Å². The first-order chi connectivity index (χ1) is 9.92. The molecule has 0 aromatic heterocycles. The van der Waals surface area contributed by atoms with Crippen LogP contribution in [0.3, 0.4) is 0 Å². The molecule has 1 nitrogen and oxygen atoms in total. The van der Waals surface area contributed by atoms with E-state index in [0.29, 0.717) is 16.5 Å². The molecular weight excluding hydrogens is 383 g/mol. The zero-order valence-corrected chi connectivity index (χ0v) is 14.2. The van der Waals surface area contributed by atoms with Crippen LogP contribution >= 0.6 is 39.1 Å². The standard InChI is InChI=1S/C15H12BrCl2F2N/c1-2-14(8-3-4-10(17)11(18)5-8)21-15-7-12(19)9(16)6-13(15)20/h3-7,14,21H,2H2,1H3. The van der Waals surface area contributed by atoms with Crippen molar-refractivity contribution in [3.8, 4) is 0 Å². The van der Waals surface area contributed by atoms with Gasteiger partial charge < -0.3 is 5.32 Å². The molecule has 0 amide bonds. The molecule has 6 heteroatoms. The SMILES string of the molecule is CCC(Nc1cc(F)c(Br)cc1F)c1ccc(Cl)c(Cl)c1. The molecule has 0 saturated carbocycles. The minimum Gasteiger partial charge on any atom is -0.376 e. The first kappa shape index (κ1) is 16.5. The largest absolute Gasteiger partial charge is 0.376 e. The van der Waals surface area contributed by atoms with Crippen LogP contribution in [0.15, 0.2) is 34.8 Å². The molecule has 2 aromatic rings. The fraction of sp³-hybridized carbons (Fsp3) is 0.200. The lowest BCUT2D eigenvalue weighted by Gasteiger charge is -2.20. The summed E-state index contributed by atoms with van der Waals surface area (Å²) >= 11 is 14.8. The second kappa shape index (κ2) is 6.95. The molecular formula is C15H12BrCl2F2N.